The Morgan fingerprint density at radius 2 is 1.76 bits per heavy atom. The Morgan fingerprint density at radius 3 is 2.44 bits per heavy atom. The van der Waals surface area contributed by atoms with Crippen LogP contribution in [0.1, 0.15) is 38.2 Å². The molecule has 0 saturated heterocycles. The summed E-state index contributed by atoms with van der Waals surface area (Å²) in [7, 11) is 0. The highest BCUT2D eigenvalue weighted by atomic mass is 16.5. The molecule has 2 rings (SSSR count). The van der Waals surface area contributed by atoms with Crippen molar-refractivity contribution in [1.29, 1.82) is 5.26 Å². The van der Waals surface area contributed by atoms with E-state index in [1.165, 1.54) is 19.3 Å². The van der Waals surface area contributed by atoms with Crippen molar-refractivity contribution >= 4 is 17.1 Å². The zero-order chi connectivity index (χ0) is 17.9. The average Bonchev–Trinajstić information content (AvgIpc) is 2.66. The first kappa shape index (κ1) is 18.2. The third-order valence-corrected chi connectivity index (χ3v) is 3.61. The minimum atomic E-state index is 0.304. The molecule has 0 aliphatic heterocycles. The summed E-state index contributed by atoms with van der Waals surface area (Å²) in [6.07, 6.45) is 4.72. The minimum Gasteiger partial charge on any atom is -0.494 e. The average molecular weight is 332 g/mol. The molecule has 0 radical (unpaired) electrons. The molecule has 0 aliphatic rings. The maximum absolute atomic E-state index is 9.03. The lowest BCUT2D eigenvalue weighted by Crippen LogP contribution is -1.96. The van der Waals surface area contributed by atoms with Gasteiger partial charge in [0.1, 0.15) is 5.75 Å². The number of nitriles is 1. The fourth-order valence-corrected chi connectivity index (χ4v) is 2.22. The van der Waals surface area contributed by atoms with Gasteiger partial charge in [-0.25, -0.2) is 4.85 Å². The van der Waals surface area contributed by atoms with Crippen molar-refractivity contribution in [2.24, 2.45) is 10.2 Å². The van der Waals surface area contributed by atoms with Crippen molar-refractivity contribution in [2.45, 2.75) is 32.6 Å². The molecule has 5 heteroatoms. The van der Waals surface area contributed by atoms with Crippen LogP contribution in [-0.2, 0) is 0 Å². The molecule has 5 nitrogen and oxygen atoms in total. The molecule has 0 bridgehead atoms. The number of hydrogen-bond donors (Lipinski definition) is 0. The normalized spacial score (nSPS) is 10.4. The highest BCUT2D eigenvalue weighted by molar-refractivity contribution is 5.63. The highest BCUT2D eigenvalue weighted by Crippen LogP contribution is 2.26. The number of benzene rings is 2. The summed E-state index contributed by atoms with van der Waals surface area (Å²) >= 11 is 0. The molecule has 2 aromatic rings. The van der Waals surface area contributed by atoms with Gasteiger partial charge in [0.2, 0.25) is 5.69 Å². The summed E-state index contributed by atoms with van der Waals surface area (Å²) < 4.78 is 5.69. The molecule has 0 unspecified atom stereocenters. The summed E-state index contributed by atoms with van der Waals surface area (Å²) in [5.74, 6) is 0.823. The topological polar surface area (TPSA) is 62.1 Å². The van der Waals surface area contributed by atoms with Crippen LogP contribution < -0.4 is 4.74 Å². The van der Waals surface area contributed by atoms with E-state index in [0.29, 0.717) is 22.6 Å². The highest BCUT2D eigenvalue weighted by Gasteiger charge is 2.02. The van der Waals surface area contributed by atoms with Crippen LogP contribution in [0.5, 0.6) is 5.75 Å². The smallest absolute Gasteiger partial charge is 0.204 e. The lowest BCUT2D eigenvalue weighted by atomic mass is 10.2. The van der Waals surface area contributed by atoms with Crippen molar-refractivity contribution < 1.29 is 4.74 Å². The number of rotatable bonds is 8. The number of unbranched alkanes of at least 4 members (excludes halogenated alkanes) is 3. The Bertz CT molecular complexity index is 798. The maximum atomic E-state index is 9.03. The van der Waals surface area contributed by atoms with Gasteiger partial charge in [-0.15, -0.1) is 0 Å². The fourth-order valence-electron chi connectivity index (χ4n) is 2.22. The number of nitrogens with zero attached hydrogens (tertiary/aromatic N) is 4. The van der Waals surface area contributed by atoms with E-state index in [1.807, 2.05) is 30.3 Å². The first-order valence-electron chi connectivity index (χ1n) is 8.33. The maximum Gasteiger partial charge on any atom is 0.204 e. The van der Waals surface area contributed by atoms with Crippen molar-refractivity contribution in [2.75, 3.05) is 6.61 Å². The van der Waals surface area contributed by atoms with Gasteiger partial charge in [-0.3, -0.25) is 0 Å². The van der Waals surface area contributed by atoms with E-state index in [1.54, 1.807) is 18.2 Å². The number of azo groups is 1. The molecule has 0 amide bonds. The SMILES string of the molecule is [C-]#[N+]c1ccc(N=Nc2ccc(OCCCCCC)cc2)cc1C#N. The quantitative estimate of drug-likeness (QED) is 0.315. The van der Waals surface area contributed by atoms with Crippen molar-refractivity contribution in [3.8, 4) is 11.8 Å². The summed E-state index contributed by atoms with van der Waals surface area (Å²) in [6, 6.07) is 14.2. The van der Waals surface area contributed by atoms with E-state index < -0.39 is 0 Å². The zero-order valence-corrected chi connectivity index (χ0v) is 14.3. The van der Waals surface area contributed by atoms with Crippen LogP contribution >= 0.6 is 0 Å². The Kier molecular flexibility index (Phi) is 7.15. The van der Waals surface area contributed by atoms with Crippen LogP contribution in [0.15, 0.2) is 52.7 Å². The van der Waals surface area contributed by atoms with Crippen molar-refractivity contribution in [1.82, 2.24) is 0 Å². The second kappa shape index (κ2) is 9.85. The summed E-state index contributed by atoms with van der Waals surface area (Å²) in [6.45, 7) is 9.92. The molecule has 25 heavy (non-hydrogen) atoms. The van der Waals surface area contributed by atoms with Gasteiger partial charge in [0.05, 0.1) is 36.2 Å². The Hall–Kier alpha value is -3.18. The number of ether oxygens (including phenoxy) is 1. The van der Waals surface area contributed by atoms with E-state index in [0.717, 1.165) is 18.8 Å². The van der Waals surface area contributed by atoms with Gasteiger partial charge in [0, 0.05) is 0 Å². The molecule has 0 atom stereocenters. The largest absolute Gasteiger partial charge is 0.494 e. The Morgan fingerprint density at radius 1 is 1.04 bits per heavy atom. The zero-order valence-electron chi connectivity index (χ0n) is 14.3. The molecule has 0 heterocycles. The molecule has 126 valence electrons. The van der Waals surface area contributed by atoms with Gasteiger partial charge in [0.25, 0.3) is 0 Å². The molecule has 2 aromatic carbocycles. The Labute approximate surface area is 148 Å². The van der Waals surface area contributed by atoms with Crippen molar-refractivity contribution in [3.63, 3.8) is 0 Å². The number of hydrogen-bond acceptors (Lipinski definition) is 4. The Balaban J connectivity index is 1.94. The van der Waals surface area contributed by atoms with Crippen LogP contribution in [0, 0.1) is 17.9 Å². The molecule has 0 aliphatic carbocycles. The third-order valence-electron chi connectivity index (χ3n) is 3.61. The second-order valence-corrected chi connectivity index (χ2v) is 5.53. The van der Waals surface area contributed by atoms with E-state index in [2.05, 4.69) is 22.0 Å². The van der Waals surface area contributed by atoms with Gasteiger partial charge in [-0.05, 0) is 42.8 Å². The molecular weight excluding hydrogens is 312 g/mol. The predicted octanol–water partition coefficient (Wildman–Crippen LogP) is 6.48. The van der Waals surface area contributed by atoms with Gasteiger partial charge < -0.3 is 4.74 Å². The summed E-state index contributed by atoms with van der Waals surface area (Å²) in [5.41, 5.74) is 1.87. The monoisotopic (exact) mass is 332 g/mol. The standard InChI is InChI=1S/C20H20N4O/c1-3-4-5-6-13-25-19-10-7-17(8-11-19)23-24-18-9-12-20(22-2)16(14-18)15-21/h7-12,14H,3-6,13H2,1H3. The van der Waals surface area contributed by atoms with Crippen molar-refractivity contribution in [3.05, 3.63) is 59.4 Å². The molecule has 0 saturated carbocycles. The van der Waals surface area contributed by atoms with Crippen LogP contribution in [0.25, 0.3) is 4.85 Å². The minimum absolute atomic E-state index is 0.304. The molecular formula is C20H20N4O. The second-order valence-electron chi connectivity index (χ2n) is 5.53. The van der Waals surface area contributed by atoms with Crippen LogP contribution in [-0.4, -0.2) is 6.61 Å². The van der Waals surface area contributed by atoms with E-state index in [9.17, 15) is 0 Å². The van der Waals surface area contributed by atoms with Crippen LogP contribution in [0.2, 0.25) is 0 Å². The first-order valence-corrected chi connectivity index (χ1v) is 8.33. The lowest BCUT2D eigenvalue weighted by molar-refractivity contribution is 0.305. The van der Waals surface area contributed by atoms with E-state index in [-0.39, 0.29) is 0 Å². The summed E-state index contributed by atoms with van der Waals surface area (Å²) in [5, 5.41) is 17.3. The van der Waals surface area contributed by atoms with Gasteiger partial charge in [-0.1, -0.05) is 32.3 Å². The third kappa shape index (κ3) is 5.75. The summed E-state index contributed by atoms with van der Waals surface area (Å²) in [4.78, 5) is 3.29. The fraction of sp³-hybridized carbons (Fsp3) is 0.300. The molecule has 0 N–H and O–H groups in total. The van der Waals surface area contributed by atoms with Gasteiger partial charge in [-0.2, -0.15) is 15.5 Å². The van der Waals surface area contributed by atoms with Crippen LogP contribution in [0.4, 0.5) is 17.1 Å². The van der Waals surface area contributed by atoms with Crippen LogP contribution in [0.3, 0.4) is 0 Å². The van der Waals surface area contributed by atoms with E-state index >= 15 is 0 Å². The van der Waals surface area contributed by atoms with E-state index in [4.69, 9.17) is 16.6 Å². The molecule has 0 aromatic heterocycles. The molecule has 0 fully saturated rings. The predicted molar refractivity (Wildman–Crippen MR) is 97.7 cm³/mol. The lowest BCUT2D eigenvalue weighted by Gasteiger charge is -2.05. The molecule has 0 spiro atoms. The van der Waals surface area contributed by atoms with Gasteiger partial charge in [0.15, 0.2) is 0 Å². The first-order chi connectivity index (χ1) is 12.3. The van der Waals surface area contributed by atoms with Gasteiger partial charge >= 0.3 is 0 Å².